The molecule has 2 nitrogen and oxygen atoms in total. The van der Waals surface area contributed by atoms with E-state index in [0.29, 0.717) is 12.2 Å². The fourth-order valence-electron chi connectivity index (χ4n) is 1.84. The molecule has 0 saturated carbocycles. The SMILES string of the molecule is CC1(C)CNc2ccc(F)c(F)c2NC1(C)C. The lowest BCUT2D eigenvalue weighted by atomic mass is 9.74. The molecule has 0 unspecified atom stereocenters. The molecule has 1 heterocycles. The van der Waals surface area contributed by atoms with Crippen LogP contribution in [0.1, 0.15) is 27.7 Å². The predicted molar refractivity (Wildman–Crippen MR) is 66.3 cm³/mol. The molecule has 0 saturated heterocycles. The Kier molecular flexibility index (Phi) is 2.56. The van der Waals surface area contributed by atoms with Crippen molar-refractivity contribution in [2.24, 2.45) is 5.41 Å². The van der Waals surface area contributed by atoms with Crippen LogP contribution in [0.3, 0.4) is 0 Å². The molecule has 0 fully saturated rings. The van der Waals surface area contributed by atoms with E-state index in [4.69, 9.17) is 0 Å². The van der Waals surface area contributed by atoms with Gasteiger partial charge in [0, 0.05) is 17.5 Å². The van der Waals surface area contributed by atoms with Gasteiger partial charge in [-0.2, -0.15) is 0 Å². The van der Waals surface area contributed by atoms with Crippen molar-refractivity contribution in [2.75, 3.05) is 17.2 Å². The van der Waals surface area contributed by atoms with Crippen molar-refractivity contribution in [3.63, 3.8) is 0 Å². The van der Waals surface area contributed by atoms with Crippen LogP contribution in [-0.2, 0) is 0 Å². The standard InChI is InChI=1S/C13H18F2N2/c1-12(2)7-16-9-6-5-8(14)10(15)11(9)17-13(12,3)4/h5-6,16-17H,7H2,1-4H3. The summed E-state index contributed by atoms with van der Waals surface area (Å²) in [4.78, 5) is 0. The second-order valence-electron chi connectivity index (χ2n) is 5.77. The first-order valence-corrected chi connectivity index (χ1v) is 5.75. The lowest BCUT2D eigenvalue weighted by Gasteiger charge is -2.41. The van der Waals surface area contributed by atoms with E-state index in [-0.39, 0.29) is 16.6 Å². The van der Waals surface area contributed by atoms with Gasteiger partial charge in [0.25, 0.3) is 0 Å². The highest BCUT2D eigenvalue weighted by molar-refractivity contribution is 5.71. The average Bonchev–Trinajstić information content (AvgIpc) is 2.31. The van der Waals surface area contributed by atoms with E-state index in [1.165, 1.54) is 0 Å². The highest BCUT2D eigenvalue weighted by Gasteiger charge is 2.40. The maximum atomic E-state index is 13.8. The minimum Gasteiger partial charge on any atom is -0.383 e. The minimum atomic E-state index is -0.825. The van der Waals surface area contributed by atoms with Gasteiger partial charge in [0.15, 0.2) is 11.6 Å². The number of hydrogen-bond acceptors (Lipinski definition) is 2. The smallest absolute Gasteiger partial charge is 0.184 e. The summed E-state index contributed by atoms with van der Waals surface area (Å²) in [7, 11) is 0. The van der Waals surface area contributed by atoms with E-state index in [2.05, 4.69) is 24.5 Å². The third kappa shape index (κ3) is 1.85. The van der Waals surface area contributed by atoms with Crippen molar-refractivity contribution in [3.8, 4) is 0 Å². The summed E-state index contributed by atoms with van der Waals surface area (Å²) in [6, 6.07) is 2.71. The summed E-state index contributed by atoms with van der Waals surface area (Å²) in [6.07, 6.45) is 0. The van der Waals surface area contributed by atoms with Gasteiger partial charge in [-0.15, -0.1) is 0 Å². The van der Waals surface area contributed by atoms with E-state index in [9.17, 15) is 8.78 Å². The quantitative estimate of drug-likeness (QED) is 0.724. The van der Waals surface area contributed by atoms with E-state index in [1.54, 1.807) is 6.07 Å². The van der Waals surface area contributed by atoms with Crippen LogP contribution in [-0.4, -0.2) is 12.1 Å². The van der Waals surface area contributed by atoms with Gasteiger partial charge in [-0.1, -0.05) is 13.8 Å². The first-order chi connectivity index (χ1) is 7.74. The second kappa shape index (κ2) is 3.59. The summed E-state index contributed by atoms with van der Waals surface area (Å²) in [5.74, 6) is -1.64. The van der Waals surface area contributed by atoms with Gasteiger partial charge in [-0.3, -0.25) is 0 Å². The minimum absolute atomic E-state index is 0.0884. The maximum Gasteiger partial charge on any atom is 0.184 e. The zero-order valence-electron chi connectivity index (χ0n) is 10.6. The van der Waals surface area contributed by atoms with Crippen LogP contribution in [0.25, 0.3) is 0 Å². The van der Waals surface area contributed by atoms with Crippen LogP contribution >= 0.6 is 0 Å². The molecule has 2 N–H and O–H groups in total. The molecule has 1 aliphatic heterocycles. The fraction of sp³-hybridized carbons (Fsp3) is 0.538. The molecule has 1 aromatic rings. The van der Waals surface area contributed by atoms with Crippen LogP contribution in [0.5, 0.6) is 0 Å². The Bertz CT molecular complexity index is 453. The van der Waals surface area contributed by atoms with E-state index >= 15 is 0 Å². The van der Waals surface area contributed by atoms with E-state index in [1.807, 2.05) is 13.8 Å². The van der Waals surface area contributed by atoms with Crippen molar-refractivity contribution < 1.29 is 8.78 Å². The second-order valence-corrected chi connectivity index (χ2v) is 5.77. The molecule has 0 radical (unpaired) electrons. The Balaban J connectivity index is 2.53. The van der Waals surface area contributed by atoms with Gasteiger partial charge < -0.3 is 10.6 Å². The maximum absolute atomic E-state index is 13.8. The fourth-order valence-corrected chi connectivity index (χ4v) is 1.84. The first-order valence-electron chi connectivity index (χ1n) is 5.75. The molecule has 4 heteroatoms. The summed E-state index contributed by atoms with van der Waals surface area (Å²) in [5.41, 5.74) is 0.414. The predicted octanol–water partition coefficient (Wildman–Crippen LogP) is 3.61. The highest BCUT2D eigenvalue weighted by Crippen LogP contribution is 2.40. The Morgan fingerprint density at radius 2 is 1.76 bits per heavy atom. The molecular formula is C13H18F2N2. The molecule has 0 atom stereocenters. The Hall–Kier alpha value is -1.32. The molecule has 0 aromatic heterocycles. The topological polar surface area (TPSA) is 24.1 Å². The van der Waals surface area contributed by atoms with Crippen molar-refractivity contribution in [1.29, 1.82) is 0 Å². The molecule has 1 aromatic carbocycles. The third-order valence-electron chi connectivity index (χ3n) is 3.95. The van der Waals surface area contributed by atoms with Gasteiger partial charge >= 0.3 is 0 Å². The van der Waals surface area contributed by atoms with Crippen molar-refractivity contribution >= 4 is 11.4 Å². The monoisotopic (exact) mass is 240 g/mol. The van der Waals surface area contributed by atoms with Crippen LogP contribution in [0, 0.1) is 17.0 Å². The molecule has 0 spiro atoms. The van der Waals surface area contributed by atoms with Crippen molar-refractivity contribution in [1.82, 2.24) is 0 Å². The van der Waals surface area contributed by atoms with E-state index < -0.39 is 11.6 Å². The van der Waals surface area contributed by atoms with Gasteiger partial charge in [0.2, 0.25) is 0 Å². The van der Waals surface area contributed by atoms with Crippen molar-refractivity contribution in [2.45, 2.75) is 33.2 Å². The lowest BCUT2D eigenvalue weighted by molar-refractivity contribution is 0.245. The molecule has 0 amide bonds. The Morgan fingerprint density at radius 3 is 2.41 bits per heavy atom. The average molecular weight is 240 g/mol. The van der Waals surface area contributed by atoms with Crippen LogP contribution < -0.4 is 10.6 Å². The van der Waals surface area contributed by atoms with Gasteiger partial charge in [0.1, 0.15) is 0 Å². The van der Waals surface area contributed by atoms with Crippen LogP contribution in [0.15, 0.2) is 12.1 Å². The zero-order chi connectivity index (χ0) is 12.8. The molecule has 0 aliphatic carbocycles. The summed E-state index contributed by atoms with van der Waals surface area (Å²) in [5, 5.41) is 6.29. The first kappa shape index (κ1) is 12.1. The molecular weight excluding hydrogens is 222 g/mol. The summed E-state index contributed by atoms with van der Waals surface area (Å²) >= 11 is 0. The summed E-state index contributed by atoms with van der Waals surface area (Å²) < 4.78 is 27.0. The molecule has 1 aliphatic rings. The molecule has 2 rings (SSSR count). The number of rotatable bonds is 0. The highest BCUT2D eigenvalue weighted by atomic mass is 19.2. The van der Waals surface area contributed by atoms with Crippen molar-refractivity contribution in [3.05, 3.63) is 23.8 Å². The molecule has 94 valence electrons. The Morgan fingerprint density at radius 1 is 1.12 bits per heavy atom. The number of hydrogen-bond donors (Lipinski definition) is 2. The van der Waals surface area contributed by atoms with Gasteiger partial charge in [0.05, 0.1) is 11.4 Å². The van der Waals surface area contributed by atoms with Crippen LogP contribution in [0.2, 0.25) is 0 Å². The molecule has 0 bridgehead atoms. The Labute approximate surface area is 100 Å². The number of fused-ring (bicyclic) bond motifs is 1. The normalized spacial score (nSPS) is 20.8. The lowest BCUT2D eigenvalue weighted by Crippen LogP contribution is -2.48. The van der Waals surface area contributed by atoms with Gasteiger partial charge in [-0.05, 0) is 26.0 Å². The third-order valence-corrected chi connectivity index (χ3v) is 3.95. The number of benzene rings is 1. The zero-order valence-corrected chi connectivity index (χ0v) is 10.6. The molecule has 17 heavy (non-hydrogen) atoms. The van der Waals surface area contributed by atoms with Gasteiger partial charge in [-0.25, -0.2) is 8.78 Å². The number of nitrogens with one attached hydrogen (secondary N) is 2. The largest absolute Gasteiger partial charge is 0.383 e. The number of halogens is 2. The van der Waals surface area contributed by atoms with E-state index in [0.717, 1.165) is 6.07 Å². The number of anilines is 2. The summed E-state index contributed by atoms with van der Waals surface area (Å²) in [6.45, 7) is 8.87. The van der Waals surface area contributed by atoms with Crippen LogP contribution in [0.4, 0.5) is 20.2 Å².